The summed E-state index contributed by atoms with van der Waals surface area (Å²) in [6.45, 7) is 3.60. The number of aromatic nitrogens is 1. The van der Waals surface area contributed by atoms with E-state index in [1.165, 1.54) is 0 Å². The number of nitrogens with zero attached hydrogens (tertiary/aromatic N) is 2. The lowest BCUT2D eigenvalue weighted by Gasteiger charge is -2.20. The molecule has 112 valence electrons. The highest BCUT2D eigenvalue weighted by Gasteiger charge is 2.09. The van der Waals surface area contributed by atoms with Crippen LogP contribution < -0.4 is 15.0 Å². The number of rotatable bonds is 6. The van der Waals surface area contributed by atoms with Crippen molar-refractivity contribution in [1.82, 2.24) is 10.3 Å². The lowest BCUT2D eigenvalue weighted by Crippen LogP contribution is -2.16. The van der Waals surface area contributed by atoms with E-state index >= 15 is 0 Å². The summed E-state index contributed by atoms with van der Waals surface area (Å²) in [5.41, 5.74) is 1.87. The number of methoxy groups -OCH3 is 1. The molecular formula is C16H20ClN3O. The summed E-state index contributed by atoms with van der Waals surface area (Å²) >= 11 is 6.19. The maximum absolute atomic E-state index is 6.19. The topological polar surface area (TPSA) is 37.4 Å². The minimum absolute atomic E-state index is 0.662. The fourth-order valence-corrected chi connectivity index (χ4v) is 2.15. The normalized spacial score (nSPS) is 10.5. The third-order valence-electron chi connectivity index (χ3n) is 3.23. The number of nitrogens with one attached hydrogen (secondary N) is 1. The zero-order valence-electron chi connectivity index (χ0n) is 12.6. The van der Waals surface area contributed by atoms with Gasteiger partial charge in [0.2, 0.25) is 0 Å². The van der Waals surface area contributed by atoms with Crippen LogP contribution in [-0.4, -0.2) is 25.7 Å². The maximum atomic E-state index is 6.19. The van der Waals surface area contributed by atoms with Crippen molar-refractivity contribution in [2.45, 2.75) is 13.5 Å². The summed E-state index contributed by atoms with van der Waals surface area (Å²) in [7, 11) is 3.64. The highest BCUT2D eigenvalue weighted by Crippen LogP contribution is 2.27. The van der Waals surface area contributed by atoms with Gasteiger partial charge < -0.3 is 15.0 Å². The highest BCUT2D eigenvalue weighted by atomic mass is 35.5. The van der Waals surface area contributed by atoms with E-state index in [0.717, 1.165) is 29.5 Å². The molecule has 0 saturated carbocycles. The average molecular weight is 306 g/mol. The van der Waals surface area contributed by atoms with Crippen LogP contribution in [0.5, 0.6) is 5.75 Å². The molecule has 0 aliphatic rings. The van der Waals surface area contributed by atoms with Crippen LogP contribution in [0.2, 0.25) is 5.02 Å². The first-order valence-corrected chi connectivity index (χ1v) is 7.27. The van der Waals surface area contributed by atoms with Crippen LogP contribution in [0, 0.1) is 0 Å². The monoisotopic (exact) mass is 305 g/mol. The minimum atomic E-state index is 0.662. The molecule has 1 aromatic heterocycles. The number of pyridine rings is 1. The Hall–Kier alpha value is -1.78. The molecule has 0 aliphatic heterocycles. The molecule has 1 aromatic carbocycles. The van der Waals surface area contributed by atoms with Crippen molar-refractivity contribution in [3.05, 3.63) is 47.1 Å². The molecule has 2 rings (SSSR count). The number of benzene rings is 1. The van der Waals surface area contributed by atoms with Crippen molar-refractivity contribution in [1.29, 1.82) is 0 Å². The molecule has 0 saturated heterocycles. The Labute approximate surface area is 130 Å². The van der Waals surface area contributed by atoms with Crippen LogP contribution in [0.1, 0.15) is 12.6 Å². The van der Waals surface area contributed by atoms with Crippen LogP contribution in [-0.2, 0) is 6.54 Å². The molecule has 0 radical (unpaired) electrons. The highest BCUT2D eigenvalue weighted by molar-refractivity contribution is 6.31. The van der Waals surface area contributed by atoms with Gasteiger partial charge in [0.05, 0.1) is 17.8 Å². The summed E-state index contributed by atoms with van der Waals surface area (Å²) in [4.78, 5) is 6.64. The smallest absolute Gasteiger partial charge is 0.133 e. The molecule has 1 N–H and O–H groups in total. The quantitative estimate of drug-likeness (QED) is 0.884. The van der Waals surface area contributed by atoms with Crippen LogP contribution in [0.15, 0.2) is 36.4 Å². The third kappa shape index (κ3) is 3.86. The van der Waals surface area contributed by atoms with E-state index < -0.39 is 0 Å². The second-order valence-corrected chi connectivity index (χ2v) is 5.05. The van der Waals surface area contributed by atoms with Gasteiger partial charge in [0.15, 0.2) is 0 Å². The van der Waals surface area contributed by atoms with Gasteiger partial charge in [-0.05, 0) is 30.8 Å². The van der Waals surface area contributed by atoms with Gasteiger partial charge >= 0.3 is 0 Å². The zero-order valence-corrected chi connectivity index (χ0v) is 13.3. The van der Waals surface area contributed by atoms with E-state index in [-0.39, 0.29) is 0 Å². The first kappa shape index (κ1) is 15.6. The summed E-state index contributed by atoms with van der Waals surface area (Å²) in [5.74, 6) is 1.67. The molecule has 4 nitrogen and oxygen atoms in total. The van der Waals surface area contributed by atoms with Crippen LogP contribution >= 0.6 is 11.6 Å². The largest absolute Gasteiger partial charge is 0.497 e. The van der Waals surface area contributed by atoms with Crippen molar-refractivity contribution in [2.24, 2.45) is 0 Å². The SMILES string of the molecule is CCNCc1nc(N(C)c2cccc(OC)c2)ccc1Cl. The predicted molar refractivity (Wildman–Crippen MR) is 87.7 cm³/mol. The molecule has 0 spiro atoms. The van der Waals surface area contributed by atoms with E-state index in [2.05, 4.69) is 17.2 Å². The molecule has 0 aliphatic carbocycles. The van der Waals surface area contributed by atoms with Crippen molar-refractivity contribution in [3.8, 4) is 5.75 Å². The van der Waals surface area contributed by atoms with E-state index in [4.69, 9.17) is 16.3 Å². The van der Waals surface area contributed by atoms with Gasteiger partial charge in [0, 0.05) is 25.3 Å². The van der Waals surface area contributed by atoms with Crippen LogP contribution in [0.25, 0.3) is 0 Å². The van der Waals surface area contributed by atoms with Gasteiger partial charge in [-0.25, -0.2) is 4.98 Å². The van der Waals surface area contributed by atoms with Gasteiger partial charge in [-0.2, -0.15) is 0 Å². The second-order valence-electron chi connectivity index (χ2n) is 4.64. The Bertz CT molecular complexity index is 604. The van der Waals surface area contributed by atoms with E-state index in [1.54, 1.807) is 7.11 Å². The number of halogens is 1. The number of hydrogen-bond acceptors (Lipinski definition) is 4. The molecular weight excluding hydrogens is 286 g/mol. The fraction of sp³-hybridized carbons (Fsp3) is 0.312. The Morgan fingerprint density at radius 2 is 2.10 bits per heavy atom. The first-order chi connectivity index (χ1) is 10.2. The summed E-state index contributed by atoms with van der Waals surface area (Å²) < 4.78 is 5.26. The van der Waals surface area contributed by atoms with Crippen molar-refractivity contribution in [2.75, 3.05) is 25.6 Å². The van der Waals surface area contributed by atoms with Gasteiger partial charge in [-0.3, -0.25) is 0 Å². The zero-order chi connectivity index (χ0) is 15.2. The lowest BCUT2D eigenvalue weighted by atomic mass is 10.2. The van der Waals surface area contributed by atoms with Crippen molar-refractivity contribution >= 4 is 23.1 Å². The molecule has 0 amide bonds. The van der Waals surface area contributed by atoms with Crippen molar-refractivity contribution < 1.29 is 4.74 Å². The molecule has 0 fully saturated rings. The van der Waals surface area contributed by atoms with Gasteiger partial charge in [-0.15, -0.1) is 0 Å². The summed E-state index contributed by atoms with van der Waals surface area (Å²) in [5, 5.41) is 3.92. The fourth-order valence-electron chi connectivity index (χ4n) is 1.98. The second kappa shape index (κ2) is 7.29. The van der Waals surface area contributed by atoms with Crippen LogP contribution in [0.4, 0.5) is 11.5 Å². The Balaban J connectivity index is 2.27. The Morgan fingerprint density at radius 1 is 1.29 bits per heavy atom. The van der Waals surface area contributed by atoms with Crippen LogP contribution in [0.3, 0.4) is 0 Å². The Kier molecular flexibility index (Phi) is 5.42. The maximum Gasteiger partial charge on any atom is 0.133 e. The van der Waals surface area contributed by atoms with E-state index in [9.17, 15) is 0 Å². The molecule has 0 unspecified atom stereocenters. The van der Waals surface area contributed by atoms with E-state index in [1.807, 2.05) is 48.3 Å². The lowest BCUT2D eigenvalue weighted by molar-refractivity contribution is 0.415. The predicted octanol–water partition coefficient (Wildman–Crippen LogP) is 3.62. The van der Waals surface area contributed by atoms with Crippen molar-refractivity contribution in [3.63, 3.8) is 0 Å². The number of hydrogen-bond donors (Lipinski definition) is 1. The molecule has 21 heavy (non-hydrogen) atoms. The molecule has 2 aromatic rings. The summed E-state index contributed by atoms with van der Waals surface area (Å²) in [6, 6.07) is 11.7. The van der Waals surface area contributed by atoms with E-state index in [0.29, 0.717) is 11.6 Å². The molecule has 0 bridgehead atoms. The molecule has 1 heterocycles. The number of anilines is 2. The van der Waals surface area contributed by atoms with Gasteiger partial charge in [0.25, 0.3) is 0 Å². The standard InChI is InChI=1S/C16H20ClN3O/c1-4-18-11-15-14(17)8-9-16(19-15)20(2)12-6-5-7-13(10-12)21-3/h5-10,18H,4,11H2,1-3H3. The molecule has 5 heteroatoms. The third-order valence-corrected chi connectivity index (χ3v) is 3.57. The average Bonchev–Trinajstić information content (AvgIpc) is 2.53. The summed E-state index contributed by atoms with van der Waals surface area (Å²) in [6.07, 6.45) is 0. The first-order valence-electron chi connectivity index (χ1n) is 6.89. The Morgan fingerprint density at radius 3 is 2.81 bits per heavy atom. The van der Waals surface area contributed by atoms with Gasteiger partial charge in [0.1, 0.15) is 11.6 Å². The number of ether oxygens (including phenoxy) is 1. The van der Waals surface area contributed by atoms with Gasteiger partial charge in [-0.1, -0.05) is 24.6 Å². The molecule has 0 atom stereocenters. The minimum Gasteiger partial charge on any atom is -0.497 e.